The molecule has 3 aromatic heterocycles. The number of hydrogen-bond donors (Lipinski definition) is 4. The highest BCUT2D eigenvalue weighted by Gasteiger charge is 2.27. The Morgan fingerprint density at radius 2 is 1.22 bits per heavy atom. The quantitative estimate of drug-likeness (QED) is 0.0614. The van der Waals surface area contributed by atoms with E-state index in [4.69, 9.17) is 21.7 Å². The maximum absolute atomic E-state index is 11.5. The van der Waals surface area contributed by atoms with Gasteiger partial charge in [-0.15, -0.1) is 35.3 Å². The molecule has 0 aliphatic carbocycles. The zero-order valence-electron chi connectivity index (χ0n) is 32.0. The first-order chi connectivity index (χ1) is 25.5. The molecule has 0 saturated carbocycles. The van der Waals surface area contributed by atoms with Gasteiger partial charge in [-0.25, -0.2) is 0 Å². The lowest BCUT2D eigenvalue weighted by atomic mass is 10.0. The van der Waals surface area contributed by atoms with Gasteiger partial charge in [0.25, 0.3) is 5.69 Å². The normalized spacial score (nSPS) is 12.3. The van der Waals surface area contributed by atoms with Crippen LogP contribution < -0.4 is 11.5 Å². The second kappa shape index (κ2) is 17.8. The van der Waals surface area contributed by atoms with E-state index in [-0.39, 0.29) is 12.1 Å². The van der Waals surface area contributed by atoms with Gasteiger partial charge in [-0.3, -0.25) is 19.7 Å². The summed E-state index contributed by atoms with van der Waals surface area (Å²) in [6.45, 7) is 5.95. The Hall–Kier alpha value is -4.41. The van der Waals surface area contributed by atoms with Crippen molar-refractivity contribution in [1.29, 1.82) is 0 Å². The number of rotatable bonds is 10. The Kier molecular flexibility index (Phi) is 14.0. The number of carbonyl (C=O) groups is 2. The third-order valence-corrected chi connectivity index (χ3v) is 12.1. The number of nitro groups is 1. The third kappa shape index (κ3) is 8.76. The molecule has 6 rings (SSSR count). The fraction of sp³-hybridized carbons (Fsp3) is 0.333. The van der Waals surface area contributed by atoms with Crippen molar-refractivity contribution in [3.05, 3.63) is 92.9 Å². The molecule has 6 aromatic rings. The monoisotopic (exact) mass is 792 g/mol. The van der Waals surface area contributed by atoms with Gasteiger partial charge in [-0.1, -0.05) is 0 Å². The number of aromatic nitrogens is 3. The van der Waals surface area contributed by atoms with E-state index in [0.717, 1.165) is 27.9 Å². The zero-order valence-corrected chi connectivity index (χ0v) is 34.4. The molecule has 0 bridgehead atoms. The van der Waals surface area contributed by atoms with Gasteiger partial charge in [0.2, 0.25) is 0 Å². The predicted octanol–water partition coefficient (Wildman–Crippen LogP) is 7.44. The molecule has 3 heterocycles. The number of nitrogens with two attached hydrogens (primary N) is 2. The summed E-state index contributed by atoms with van der Waals surface area (Å²) < 4.78 is 6.14. The van der Waals surface area contributed by atoms with Crippen LogP contribution in [0.25, 0.3) is 32.7 Å². The van der Waals surface area contributed by atoms with Gasteiger partial charge in [0, 0.05) is 82.7 Å². The van der Waals surface area contributed by atoms with Gasteiger partial charge in [0.05, 0.1) is 20.7 Å². The first-order valence-electron chi connectivity index (χ1n) is 16.9. The maximum Gasteiger partial charge on any atom is 0.320 e. The molecule has 3 aromatic carbocycles. The first-order valence-corrected chi connectivity index (χ1v) is 20.6. The summed E-state index contributed by atoms with van der Waals surface area (Å²) in [6.07, 6.45) is 6.32. The Balaban J connectivity index is 0.000000186. The Bertz CT molecular complexity index is 2360. The first kappa shape index (κ1) is 42.3. The number of thioether (sulfide) groups is 3. The molecule has 0 radical (unpaired) electrons. The summed E-state index contributed by atoms with van der Waals surface area (Å²) in [6, 6.07) is 16.7. The lowest BCUT2D eigenvalue weighted by Gasteiger charge is -2.08. The molecule has 15 heteroatoms. The predicted molar refractivity (Wildman–Crippen MR) is 224 cm³/mol. The summed E-state index contributed by atoms with van der Waals surface area (Å²) >= 11 is 4.75. The lowest BCUT2D eigenvalue weighted by Crippen LogP contribution is -2.32. The third-order valence-electron chi connectivity index (χ3n) is 9.93. The Labute approximate surface area is 327 Å². The van der Waals surface area contributed by atoms with Crippen LogP contribution in [0.3, 0.4) is 0 Å². The highest BCUT2D eigenvalue weighted by atomic mass is 32.2. The molecule has 2 unspecified atom stereocenters. The summed E-state index contributed by atoms with van der Waals surface area (Å²) in [7, 11) is 5.90. The summed E-state index contributed by atoms with van der Waals surface area (Å²) in [4.78, 5) is 36.1. The van der Waals surface area contributed by atoms with Crippen molar-refractivity contribution in [3.63, 3.8) is 0 Å². The van der Waals surface area contributed by atoms with Crippen LogP contribution in [0.5, 0.6) is 0 Å². The molecule has 0 aliphatic rings. The smallest absolute Gasteiger partial charge is 0.320 e. The number of hydrogen-bond acceptors (Lipinski definition) is 9. The van der Waals surface area contributed by atoms with E-state index in [1.54, 1.807) is 42.9 Å². The molecule has 6 N–H and O–H groups in total. The SMILES string of the molecule is CSc1ccc2c(c(CC(N)C(=O)O)c(C)n2C)c1[N+](=O)[O-].CSc1ccc2c(c1)c(CC(N)C(=O)O)c(C)n2C.CSc1ccc2c(c1)cc(C)n2C. The van der Waals surface area contributed by atoms with Crippen molar-refractivity contribution in [2.45, 2.75) is 60.4 Å². The molecule has 0 amide bonds. The number of carboxylic acids is 2. The number of fused-ring (bicyclic) bond motifs is 3. The second-order valence-corrected chi connectivity index (χ2v) is 15.6. The average molecular weight is 793 g/mol. The fourth-order valence-corrected chi connectivity index (χ4v) is 7.98. The van der Waals surface area contributed by atoms with Gasteiger partial charge in [0.1, 0.15) is 12.1 Å². The summed E-state index contributed by atoms with van der Waals surface area (Å²) in [5.41, 5.74) is 19.3. The minimum Gasteiger partial charge on any atom is -0.480 e. The number of aliphatic carboxylic acids is 2. The Morgan fingerprint density at radius 1 is 0.722 bits per heavy atom. The van der Waals surface area contributed by atoms with Crippen LogP contribution in [-0.2, 0) is 43.6 Å². The molecular formula is C39H48N6O6S3. The van der Waals surface area contributed by atoms with Gasteiger partial charge >= 0.3 is 11.9 Å². The van der Waals surface area contributed by atoms with E-state index in [1.807, 2.05) is 37.8 Å². The van der Waals surface area contributed by atoms with Crippen molar-refractivity contribution in [1.82, 2.24) is 13.7 Å². The van der Waals surface area contributed by atoms with Gasteiger partial charge in [-0.05, 0) is 105 Å². The minimum atomic E-state index is -1.12. The van der Waals surface area contributed by atoms with Crippen LogP contribution in [0.1, 0.15) is 28.2 Å². The fourth-order valence-electron chi connectivity index (χ4n) is 6.52. The van der Waals surface area contributed by atoms with Crippen molar-refractivity contribution in [2.24, 2.45) is 32.6 Å². The van der Waals surface area contributed by atoms with E-state index < -0.39 is 28.9 Å². The van der Waals surface area contributed by atoms with Crippen molar-refractivity contribution in [3.8, 4) is 0 Å². The topological polar surface area (TPSA) is 185 Å². The van der Waals surface area contributed by atoms with Crippen LogP contribution in [-0.4, -0.2) is 71.6 Å². The van der Waals surface area contributed by atoms with Gasteiger partial charge in [0.15, 0.2) is 0 Å². The molecule has 2 atom stereocenters. The molecule has 0 aliphatic heterocycles. The van der Waals surface area contributed by atoms with Crippen LogP contribution in [0.2, 0.25) is 0 Å². The van der Waals surface area contributed by atoms with Gasteiger partial charge in [-0.2, -0.15) is 0 Å². The van der Waals surface area contributed by atoms with Crippen LogP contribution in [0.4, 0.5) is 5.69 Å². The molecule has 0 fully saturated rings. The largest absolute Gasteiger partial charge is 0.480 e. The van der Waals surface area contributed by atoms with E-state index in [2.05, 4.69) is 71.8 Å². The van der Waals surface area contributed by atoms with E-state index in [0.29, 0.717) is 27.8 Å². The van der Waals surface area contributed by atoms with Crippen molar-refractivity contribution in [2.75, 3.05) is 18.8 Å². The molecule has 0 saturated heterocycles. The molecule has 12 nitrogen and oxygen atoms in total. The lowest BCUT2D eigenvalue weighted by molar-refractivity contribution is -0.385. The van der Waals surface area contributed by atoms with E-state index >= 15 is 0 Å². The average Bonchev–Trinajstić information content (AvgIpc) is 3.67. The van der Waals surface area contributed by atoms with Crippen molar-refractivity contribution < 1.29 is 24.7 Å². The highest BCUT2D eigenvalue weighted by Crippen LogP contribution is 2.39. The molecule has 0 spiro atoms. The Morgan fingerprint density at radius 3 is 1.76 bits per heavy atom. The summed E-state index contributed by atoms with van der Waals surface area (Å²) in [5, 5.41) is 32.4. The minimum absolute atomic E-state index is 0.0151. The van der Waals surface area contributed by atoms with Gasteiger partial charge < -0.3 is 35.4 Å². The molecular weight excluding hydrogens is 745 g/mol. The second-order valence-electron chi connectivity index (χ2n) is 13.0. The van der Waals surface area contributed by atoms with Crippen LogP contribution in [0, 0.1) is 30.9 Å². The standard InChI is InChI=1S/C14H17N3O4S.C14H18N2O2S.C11H13NS/c1-7-8(6-9(15)14(18)19)12-10(16(7)2)4-5-11(22-3)13(12)17(20)21;1-8-10(7-12(15)14(17)18)11-6-9(19-3)4-5-13(11)16(8)2;1-8-6-9-7-10(13-3)4-5-11(9)12(8)2/h4-5,9H,6,15H2,1-3H3,(H,18,19);4-6,12H,7,15H2,1-3H3,(H,17,18);4-7H,1-3H3. The van der Waals surface area contributed by atoms with Crippen LogP contribution >= 0.6 is 35.3 Å². The number of nitrogens with zero attached hydrogens (tertiary/aromatic N) is 4. The number of benzene rings is 3. The molecule has 288 valence electrons. The van der Waals surface area contributed by atoms with E-state index in [9.17, 15) is 19.7 Å². The van der Waals surface area contributed by atoms with Crippen molar-refractivity contribution >= 4 is 85.6 Å². The zero-order chi connectivity index (χ0) is 40.2. The number of aryl methyl sites for hydroxylation is 4. The number of nitro benzene ring substituents is 1. The number of carboxylic acid groups (broad SMARTS) is 2. The molecule has 54 heavy (non-hydrogen) atoms. The maximum atomic E-state index is 11.5. The van der Waals surface area contributed by atoms with Crippen LogP contribution in [0.15, 0.2) is 69.3 Å². The summed E-state index contributed by atoms with van der Waals surface area (Å²) in [5.74, 6) is -2.09. The van der Waals surface area contributed by atoms with E-state index in [1.165, 1.54) is 38.1 Å². The highest BCUT2D eigenvalue weighted by molar-refractivity contribution is 7.99.